The predicted octanol–water partition coefficient (Wildman–Crippen LogP) is 1.42. The number of benzene rings is 1. The number of carbonyl (C=O) groups is 1. The fourth-order valence-corrected chi connectivity index (χ4v) is 2.45. The summed E-state index contributed by atoms with van der Waals surface area (Å²) in [7, 11) is 0. The lowest BCUT2D eigenvalue weighted by molar-refractivity contribution is -0.117. The van der Waals surface area contributed by atoms with Crippen molar-refractivity contribution in [1.29, 1.82) is 0 Å². The van der Waals surface area contributed by atoms with E-state index in [4.69, 9.17) is 9.47 Å². The quantitative estimate of drug-likeness (QED) is 0.865. The van der Waals surface area contributed by atoms with Crippen LogP contribution in [0.3, 0.4) is 0 Å². The lowest BCUT2D eigenvalue weighted by Gasteiger charge is -2.13. The van der Waals surface area contributed by atoms with Crippen LogP contribution in [0, 0.1) is 0 Å². The predicted molar refractivity (Wildman–Crippen MR) is 70.7 cm³/mol. The monoisotopic (exact) mass is 262 g/mol. The molecule has 5 heteroatoms. The van der Waals surface area contributed by atoms with Crippen LogP contribution in [0.2, 0.25) is 0 Å². The minimum absolute atomic E-state index is 0.0305. The Bertz CT molecular complexity index is 452. The Balaban J connectivity index is 1.66. The summed E-state index contributed by atoms with van der Waals surface area (Å²) < 4.78 is 10.9. The Labute approximate surface area is 112 Å². The van der Waals surface area contributed by atoms with Gasteiger partial charge in [0.15, 0.2) is 6.29 Å². The zero-order chi connectivity index (χ0) is 13.1. The van der Waals surface area contributed by atoms with E-state index in [1.54, 1.807) is 0 Å². The third-order valence-electron chi connectivity index (χ3n) is 3.42. The van der Waals surface area contributed by atoms with Crippen LogP contribution in [0.15, 0.2) is 24.3 Å². The zero-order valence-electron chi connectivity index (χ0n) is 10.7. The van der Waals surface area contributed by atoms with E-state index in [0.717, 1.165) is 30.6 Å². The molecule has 0 bridgehead atoms. The van der Waals surface area contributed by atoms with Crippen LogP contribution in [-0.4, -0.2) is 31.7 Å². The number of amides is 1. The average molecular weight is 262 g/mol. The minimum atomic E-state index is -0.304. The van der Waals surface area contributed by atoms with E-state index < -0.39 is 0 Å². The summed E-state index contributed by atoms with van der Waals surface area (Å²) in [6.07, 6.45) is 1.66. The minimum Gasteiger partial charge on any atom is -0.346 e. The Kier molecular flexibility index (Phi) is 3.77. The highest BCUT2D eigenvalue weighted by Gasteiger charge is 2.23. The van der Waals surface area contributed by atoms with Crippen molar-refractivity contribution >= 4 is 11.6 Å². The van der Waals surface area contributed by atoms with Crippen molar-refractivity contribution in [2.24, 2.45) is 0 Å². The van der Waals surface area contributed by atoms with Crippen LogP contribution in [0.1, 0.15) is 24.7 Å². The first-order chi connectivity index (χ1) is 9.33. The first kappa shape index (κ1) is 12.6. The van der Waals surface area contributed by atoms with Gasteiger partial charge in [0.1, 0.15) is 0 Å². The molecule has 2 saturated heterocycles. The Morgan fingerprint density at radius 2 is 2.16 bits per heavy atom. The van der Waals surface area contributed by atoms with Crippen molar-refractivity contribution < 1.29 is 14.3 Å². The van der Waals surface area contributed by atoms with Gasteiger partial charge in [-0.05, 0) is 31.5 Å². The lowest BCUT2D eigenvalue weighted by Crippen LogP contribution is -2.35. The molecule has 0 radical (unpaired) electrons. The molecule has 0 unspecified atom stereocenters. The number of nitrogens with one attached hydrogen (secondary N) is 2. The second kappa shape index (κ2) is 5.69. The van der Waals surface area contributed by atoms with Gasteiger partial charge >= 0.3 is 0 Å². The van der Waals surface area contributed by atoms with Crippen LogP contribution in [0.25, 0.3) is 0 Å². The first-order valence-electron chi connectivity index (χ1n) is 6.70. The van der Waals surface area contributed by atoms with Gasteiger partial charge in [0.25, 0.3) is 0 Å². The van der Waals surface area contributed by atoms with Crippen LogP contribution in [0.4, 0.5) is 5.69 Å². The molecule has 2 aliphatic heterocycles. The maximum Gasteiger partial charge on any atom is 0.241 e. The maximum absolute atomic E-state index is 12.0. The number of hydrogen-bond acceptors (Lipinski definition) is 4. The third kappa shape index (κ3) is 2.94. The largest absolute Gasteiger partial charge is 0.346 e. The smallest absolute Gasteiger partial charge is 0.241 e. The molecule has 2 fully saturated rings. The highest BCUT2D eigenvalue weighted by atomic mass is 16.7. The van der Waals surface area contributed by atoms with Gasteiger partial charge in [-0.15, -0.1) is 0 Å². The molecule has 3 rings (SSSR count). The van der Waals surface area contributed by atoms with Gasteiger partial charge in [0, 0.05) is 11.3 Å². The van der Waals surface area contributed by atoms with E-state index in [1.165, 1.54) is 0 Å². The molecule has 2 heterocycles. The van der Waals surface area contributed by atoms with E-state index in [-0.39, 0.29) is 18.2 Å². The van der Waals surface area contributed by atoms with Gasteiger partial charge in [-0.2, -0.15) is 0 Å². The highest BCUT2D eigenvalue weighted by molar-refractivity contribution is 5.95. The van der Waals surface area contributed by atoms with E-state index in [2.05, 4.69) is 10.6 Å². The van der Waals surface area contributed by atoms with Crippen molar-refractivity contribution in [3.05, 3.63) is 29.8 Å². The molecule has 0 spiro atoms. The van der Waals surface area contributed by atoms with E-state index in [1.807, 2.05) is 24.3 Å². The van der Waals surface area contributed by atoms with Crippen LogP contribution >= 0.6 is 0 Å². The fraction of sp³-hybridized carbons (Fsp3) is 0.500. The molecule has 102 valence electrons. The van der Waals surface area contributed by atoms with Gasteiger partial charge in [-0.3, -0.25) is 4.79 Å². The Morgan fingerprint density at radius 1 is 1.32 bits per heavy atom. The molecule has 1 aromatic carbocycles. The van der Waals surface area contributed by atoms with Gasteiger partial charge in [0.05, 0.1) is 19.3 Å². The molecule has 5 nitrogen and oxygen atoms in total. The number of carbonyl (C=O) groups excluding carboxylic acids is 1. The molecule has 1 atom stereocenters. The molecule has 0 saturated carbocycles. The fourth-order valence-electron chi connectivity index (χ4n) is 2.45. The average Bonchev–Trinajstić information content (AvgIpc) is 3.13. The van der Waals surface area contributed by atoms with E-state index in [0.29, 0.717) is 13.2 Å². The van der Waals surface area contributed by atoms with Gasteiger partial charge in [-0.1, -0.05) is 12.1 Å². The SMILES string of the molecule is O=C(Nc1cccc(C2OCCO2)c1)[C@@H]1CCCN1. The first-order valence-corrected chi connectivity index (χ1v) is 6.70. The summed E-state index contributed by atoms with van der Waals surface area (Å²) in [4.78, 5) is 12.0. The third-order valence-corrected chi connectivity index (χ3v) is 3.42. The summed E-state index contributed by atoms with van der Waals surface area (Å²) in [5, 5.41) is 6.12. The second-order valence-electron chi connectivity index (χ2n) is 4.84. The molecule has 0 aromatic heterocycles. The van der Waals surface area contributed by atoms with Crippen molar-refractivity contribution in [3.8, 4) is 0 Å². The molecular weight excluding hydrogens is 244 g/mol. The summed E-state index contributed by atoms with van der Waals surface area (Å²) in [5.41, 5.74) is 1.73. The summed E-state index contributed by atoms with van der Waals surface area (Å²) in [6.45, 7) is 2.16. The maximum atomic E-state index is 12.0. The molecule has 1 amide bonds. The van der Waals surface area contributed by atoms with E-state index >= 15 is 0 Å². The topological polar surface area (TPSA) is 59.6 Å². The van der Waals surface area contributed by atoms with Crippen molar-refractivity contribution in [2.75, 3.05) is 25.1 Å². The normalized spacial score (nSPS) is 23.7. The van der Waals surface area contributed by atoms with Gasteiger partial charge in [-0.25, -0.2) is 0 Å². The molecule has 2 aliphatic rings. The molecule has 0 aliphatic carbocycles. The summed E-state index contributed by atoms with van der Waals surface area (Å²) in [5.74, 6) is 0.0305. The highest BCUT2D eigenvalue weighted by Crippen LogP contribution is 2.25. The molecule has 2 N–H and O–H groups in total. The van der Waals surface area contributed by atoms with Crippen LogP contribution < -0.4 is 10.6 Å². The van der Waals surface area contributed by atoms with Crippen molar-refractivity contribution in [2.45, 2.75) is 25.2 Å². The molecule has 1 aromatic rings. The molecular formula is C14H18N2O3. The van der Waals surface area contributed by atoms with Gasteiger partial charge < -0.3 is 20.1 Å². The summed E-state index contributed by atoms with van der Waals surface area (Å²) in [6, 6.07) is 7.56. The Hall–Kier alpha value is -1.43. The molecule has 19 heavy (non-hydrogen) atoms. The van der Waals surface area contributed by atoms with E-state index in [9.17, 15) is 4.79 Å². The number of rotatable bonds is 3. The standard InChI is InChI=1S/C14H18N2O3/c17-13(12-5-2-6-15-12)16-11-4-1-3-10(9-11)14-18-7-8-19-14/h1,3-4,9,12,14-15H,2,5-8H2,(H,16,17)/t12-/m0/s1. The van der Waals surface area contributed by atoms with Crippen LogP contribution in [0.5, 0.6) is 0 Å². The zero-order valence-corrected chi connectivity index (χ0v) is 10.7. The second-order valence-corrected chi connectivity index (χ2v) is 4.84. The number of hydrogen-bond donors (Lipinski definition) is 2. The van der Waals surface area contributed by atoms with Gasteiger partial charge in [0.2, 0.25) is 5.91 Å². The lowest BCUT2D eigenvalue weighted by atomic mass is 10.1. The Morgan fingerprint density at radius 3 is 2.89 bits per heavy atom. The number of ether oxygens (including phenoxy) is 2. The van der Waals surface area contributed by atoms with Crippen molar-refractivity contribution in [3.63, 3.8) is 0 Å². The number of anilines is 1. The van der Waals surface area contributed by atoms with Crippen molar-refractivity contribution in [1.82, 2.24) is 5.32 Å². The summed E-state index contributed by atoms with van der Waals surface area (Å²) >= 11 is 0. The van der Waals surface area contributed by atoms with Crippen LogP contribution in [-0.2, 0) is 14.3 Å².